The summed E-state index contributed by atoms with van der Waals surface area (Å²) in [6.07, 6.45) is -0.0438. The first-order chi connectivity index (χ1) is 11.9. The Morgan fingerprint density at radius 3 is 2.68 bits per heavy atom. The summed E-state index contributed by atoms with van der Waals surface area (Å²) in [5, 5.41) is 11.2. The second kappa shape index (κ2) is 7.43. The van der Waals surface area contributed by atoms with Gasteiger partial charge in [-0.1, -0.05) is 27.5 Å². The Kier molecular flexibility index (Phi) is 5.46. The summed E-state index contributed by atoms with van der Waals surface area (Å²) in [5.74, 6) is 0.153. The van der Waals surface area contributed by atoms with Crippen molar-refractivity contribution < 1.29 is 23.1 Å². The topological polar surface area (TPSA) is 87.9 Å². The van der Waals surface area contributed by atoms with E-state index in [-0.39, 0.29) is 18.0 Å². The standard InChI is InChI=1S/C15H12BrClNO6P/c16-14-6-1-10(17)9-13(14)15-7-8-22-25(21,24-15)23-12-4-2-11(3-5-12)18(19)20/h1-6,9,15H,7-8H2. The number of nitro groups is 1. The van der Waals surface area contributed by atoms with E-state index in [0.717, 1.165) is 10.0 Å². The Labute approximate surface area is 156 Å². The molecule has 7 nitrogen and oxygen atoms in total. The fourth-order valence-corrected chi connectivity index (χ4v) is 4.37. The van der Waals surface area contributed by atoms with Gasteiger partial charge < -0.3 is 4.52 Å². The van der Waals surface area contributed by atoms with Gasteiger partial charge in [-0.2, -0.15) is 0 Å². The van der Waals surface area contributed by atoms with E-state index in [2.05, 4.69) is 15.9 Å². The van der Waals surface area contributed by atoms with Gasteiger partial charge in [0.25, 0.3) is 5.69 Å². The van der Waals surface area contributed by atoms with E-state index in [4.69, 9.17) is 25.2 Å². The number of non-ortho nitro benzene ring substituents is 1. The number of nitro benzene ring substituents is 1. The molecule has 1 aliphatic heterocycles. The second-order valence-electron chi connectivity index (χ2n) is 5.17. The fourth-order valence-electron chi connectivity index (χ4n) is 2.29. The summed E-state index contributed by atoms with van der Waals surface area (Å²) in [6.45, 7) is 0.174. The van der Waals surface area contributed by atoms with E-state index in [1.165, 1.54) is 24.3 Å². The smallest absolute Gasteiger partial charge is 0.404 e. The average molecular weight is 449 g/mol. The van der Waals surface area contributed by atoms with Gasteiger partial charge in [-0.25, -0.2) is 4.57 Å². The first-order valence-electron chi connectivity index (χ1n) is 7.18. The minimum absolute atomic E-state index is 0.100. The monoisotopic (exact) mass is 447 g/mol. The molecule has 3 rings (SSSR count). The van der Waals surface area contributed by atoms with Crippen LogP contribution in [0.5, 0.6) is 5.75 Å². The van der Waals surface area contributed by atoms with Crippen molar-refractivity contribution in [3.63, 3.8) is 0 Å². The Morgan fingerprint density at radius 2 is 2.00 bits per heavy atom. The number of hydrogen-bond acceptors (Lipinski definition) is 6. The molecule has 1 aliphatic rings. The molecule has 2 aromatic carbocycles. The molecule has 0 aromatic heterocycles. The molecule has 0 N–H and O–H groups in total. The van der Waals surface area contributed by atoms with E-state index in [1.807, 2.05) is 0 Å². The van der Waals surface area contributed by atoms with Gasteiger partial charge in [0.05, 0.1) is 17.6 Å². The number of halogens is 2. The Bertz CT molecular complexity index is 846. The van der Waals surface area contributed by atoms with Crippen LogP contribution in [-0.4, -0.2) is 11.5 Å². The summed E-state index contributed by atoms with van der Waals surface area (Å²) in [4.78, 5) is 10.1. The molecule has 0 aliphatic carbocycles. The van der Waals surface area contributed by atoms with E-state index in [9.17, 15) is 14.7 Å². The van der Waals surface area contributed by atoms with Crippen molar-refractivity contribution in [2.45, 2.75) is 12.5 Å². The molecule has 0 spiro atoms. The molecule has 0 radical (unpaired) electrons. The largest absolute Gasteiger partial charge is 0.530 e. The molecule has 25 heavy (non-hydrogen) atoms. The summed E-state index contributed by atoms with van der Waals surface area (Å²) >= 11 is 9.43. The molecule has 132 valence electrons. The lowest BCUT2D eigenvalue weighted by Gasteiger charge is -2.29. The lowest BCUT2D eigenvalue weighted by Crippen LogP contribution is -2.17. The van der Waals surface area contributed by atoms with Crippen molar-refractivity contribution >= 4 is 41.0 Å². The van der Waals surface area contributed by atoms with Crippen LogP contribution in [-0.2, 0) is 13.6 Å². The van der Waals surface area contributed by atoms with Crippen LogP contribution in [0.3, 0.4) is 0 Å². The van der Waals surface area contributed by atoms with Gasteiger partial charge in [-0.05, 0) is 35.9 Å². The fraction of sp³-hybridized carbons (Fsp3) is 0.200. The zero-order valence-electron chi connectivity index (χ0n) is 12.6. The predicted octanol–water partition coefficient (Wildman–Crippen LogP) is 5.68. The first-order valence-corrected chi connectivity index (χ1v) is 9.81. The lowest BCUT2D eigenvalue weighted by molar-refractivity contribution is -0.384. The summed E-state index contributed by atoms with van der Waals surface area (Å²) in [7, 11) is -3.86. The molecular weight excluding hydrogens is 436 g/mol. The van der Waals surface area contributed by atoms with Gasteiger partial charge >= 0.3 is 7.82 Å². The van der Waals surface area contributed by atoms with E-state index < -0.39 is 18.8 Å². The Morgan fingerprint density at radius 1 is 1.28 bits per heavy atom. The zero-order chi connectivity index (χ0) is 18.0. The molecule has 10 heteroatoms. The minimum Gasteiger partial charge on any atom is -0.404 e. The SMILES string of the molecule is O=[N+]([O-])c1ccc(OP2(=O)OCCC(c3cc(Cl)ccc3Br)O2)cc1. The molecule has 0 amide bonds. The second-order valence-corrected chi connectivity index (χ2v) is 8.01. The van der Waals surface area contributed by atoms with Crippen LogP contribution in [0.2, 0.25) is 5.02 Å². The average Bonchev–Trinajstić information content (AvgIpc) is 2.57. The van der Waals surface area contributed by atoms with Gasteiger partial charge in [-0.3, -0.25) is 19.2 Å². The summed E-state index contributed by atoms with van der Waals surface area (Å²) < 4.78 is 29.6. The maximum atomic E-state index is 12.8. The van der Waals surface area contributed by atoms with Crippen molar-refractivity contribution in [2.24, 2.45) is 0 Å². The van der Waals surface area contributed by atoms with Crippen LogP contribution in [0, 0.1) is 10.1 Å². The predicted molar refractivity (Wildman–Crippen MR) is 94.9 cm³/mol. The highest BCUT2D eigenvalue weighted by atomic mass is 79.9. The van der Waals surface area contributed by atoms with E-state index >= 15 is 0 Å². The summed E-state index contributed by atoms with van der Waals surface area (Å²) in [6, 6.07) is 10.4. The van der Waals surface area contributed by atoms with Crippen LogP contribution in [0.4, 0.5) is 5.69 Å². The number of nitrogens with zero attached hydrogens (tertiary/aromatic N) is 1. The number of rotatable bonds is 4. The van der Waals surface area contributed by atoms with Gasteiger partial charge in [0, 0.05) is 28.0 Å². The third-order valence-electron chi connectivity index (χ3n) is 3.46. The summed E-state index contributed by atoms with van der Waals surface area (Å²) in [5.41, 5.74) is 0.639. The minimum atomic E-state index is -3.86. The highest BCUT2D eigenvalue weighted by Gasteiger charge is 2.38. The van der Waals surface area contributed by atoms with Crippen LogP contribution >= 0.6 is 35.4 Å². The van der Waals surface area contributed by atoms with Crippen molar-refractivity contribution in [1.29, 1.82) is 0 Å². The number of benzene rings is 2. The highest BCUT2D eigenvalue weighted by molar-refractivity contribution is 9.10. The quantitative estimate of drug-likeness (QED) is 0.340. The number of hydrogen-bond donors (Lipinski definition) is 0. The molecule has 0 saturated carbocycles. The van der Waals surface area contributed by atoms with Crippen LogP contribution in [0.15, 0.2) is 46.9 Å². The maximum Gasteiger partial charge on any atom is 0.530 e. The normalized spacial score (nSPS) is 23.2. The Hall–Kier alpha value is -1.44. The van der Waals surface area contributed by atoms with Crippen LogP contribution < -0.4 is 4.52 Å². The molecule has 0 bridgehead atoms. The molecule has 1 saturated heterocycles. The number of phosphoric ester groups is 1. The zero-order valence-corrected chi connectivity index (χ0v) is 15.9. The molecule has 2 atom stereocenters. The van der Waals surface area contributed by atoms with Crippen LogP contribution in [0.1, 0.15) is 18.1 Å². The third kappa shape index (κ3) is 4.40. The van der Waals surface area contributed by atoms with Gasteiger partial charge in [0.2, 0.25) is 0 Å². The molecule has 2 aromatic rings. The van der Waals surface area contributed by atoms with Gasteiger partial charge in [0.1, 0.15) is 5.75 Å². The molecule has 1 fully saturated rings. The van der Waals surface area contributed by atoms with Crippen molar-refractivity contribution in [3.05, 3.63) is 67.6 Å². The Balaban J connectivity index is 1.78. The lowest BCUT2D eigenvalue weighted by atomic mass is 10.1. The third-order valence-corrected chi connectivity index (χ3v) is 5.86. The van der Waals surface area contributed by atoms with Gasteiger partial charge in [0.15, 0.2) is 0 Å². The van der Waals surface area contributed by atoms with Crippen molar-refractivity contribution in [1.82, 2.24) is 0 Å². The highest BCUT2D eigenvalue weighted by Crippen LogP contribution is 2.57. The first kappa shape index (κ1) is 18.4. The van der Waals surface area contributed by atoms with Crippen molar-refractivity contribution in [3.8, 4) is 5.75 Å². The van der Waals surface area contributed by atoms with Crippen LogP contribution in [0.25, 0.3) is 0 Å². The molecule has 1 heterocycles. The van der Waals surface area contributed by atoms with Gasteiger partial charge in [-0.15, -0.1) is 0 Å². The molecular formula is C15H12BrClNO6P. The number of phosphoric acid groups is 1. The van der Waals surface area contributed by atoms with E-state index in [1.54, 1.807) is 18.2 Å². The van der Waals surface area contributed by atoms with Crippen molar-refractivity contribution in [2.75, 3.05) is 6.61 Å². The van der Waals surface area contributed by atoms with E-state index in [0.29, 0.717) is 11.4 Å². The molecule has 2 unspecified atom stereocenters. The maximum absolute atomic E-state index is 12.8.